The van der Waals surface area contributed by atoms with Gasteiger partial charge in [-0.05, 0) is 24.1 Å². The van der Waals surface area contributed by atoms with Crippen LogP contribution in [0.5, 0.6) is 0 Å². The van der Waals surface area contributed by atoms with Gasteiger partial charge in [-0.15, -0.1) is 10.2 Å². The van der Waals surface area contributed by atoms with E-state index in [1.807, 2.05) is 6.26 Å². The van der Waals surface area contributed by atoms with Crippen LogP contribution in [0.2, 0.25) is 5.02 Å². The van der Waals surface area contributed by atoms with Crippen molar-refractivity contribution in [3.63, 3.8) is 0 Å². The molecular weight excluding hydrogens is 314 g/mol. The van der Waals surface area contributed by atoms with Crippen LogP contribution < -0.4 is 0 Å². The molecule has 5 nitrogen and oxygen atoms in total. The van der Waals surface area contributed by atoms with Gasteiger partial charge in [0, 0.05) is 6.20 Å². The van der Waals surface area contributed by atoms with Gasteiger partial charge >= 0.3 is 5.97 Å². The monoisotopic (exact) mass is 319 g/mol. The maximum absolute atomic E-state index is 10.9. The predicted molar refractivity (Wildman–Crippen MR) is 72.0 cm³/mol. The first-order valence-electron chi connectivity index (χ1n) is 4.55. The molecule has 2 heterocycles. The second-order valence-electron chi connectivity index (χ2n) is 2.92. The lowest BCUT2D eigenvalue weighted by molar-refractivity contribution is 0.0696. The summed E-state index contributed by atoms with van der Waals surface area (Å²) in [6, 6.07) is 1.36. The van der Waals surface area contributed by atoms with E-state index in [0.29, 0.717) is 9.37 Å². The Balaban J connectivity index is 2.29. The van der Waals surface area contributed by atoms with Crippen molar-refractivity contribution in [1.82, 2.24) is 15.2 Å². The van der Waals surface area contributed by atoms with Gasteiger partial charge in [-0.2, -0.15) is 0 Å². The third-order valence-corrected chi connectivity index (χ3v) is 5.28. The van der Waals surface area contributed by atoms with Crippen LogP contribution in [0.25, 0.3) is 0 Å². The van der Waals surface area contributed by atoms with E-state index in [0.717, 1.165) is 4.34 Å². The van der Waals surface area contributed by atoms with Crippen LogP contribution >= 0.6 is 46.5 Å². The Morgan fingerprint density at radius 3 is 2.78 bits per heavy atom. The molecule has 1 N–H and O–H groups in total. The molecule has 9 heteroatoms. The summed E-state index contributed by atoms with van der Waals surface area (Å²) in [6.07, 6.45) is 3.32. The van der Waals surface area contributed by atoms with E-state index in [4.69, 9.17) is 16.7 Å². The van der Waals surface area contributed by atoms with Crippen molar-refractivity contribution in [2.45, 2.75) is 13.7 Å². The standard InChI is InChI=1S/C9H6ClN3O2S3/c1-16-8-12-13-9(18-8)17-6-5(10)4(7(14)15)2-3-11-6/h2-3H,1H3,(H,14,15). The van der Waals surface area contributed by atoms with Gasteiger partial charge in [0.15, 0.2) is 8.68 Å². The van der Waals surface area contributed by atoms with Crippen LogP contribution in [0.4, 0.5) is 0 Å². The molecule has 2 aromatic rings. The van der Waals surface area contributed by atoms with Crippen LogP contribution in [-0.4, -0.2) is 32.5 Å². The lowest BCUT2D eigenvalue weighted by Crippen LogP contribution is -1.99. The molecule has 0 saturated carbocycles. The molecule has 0 unspecified atom stereocenters. The normalized spacial score (nSPS) is 10.6. The van der Waals surface area contributed by atoms with Crippen LogP contribution in [-0.2, 0) is 0 Å². The summed E-state index contributed by atoms with van der Waals surface area (Å²) in [5.74, 6) is -1.08. The Morgan fingerprint density at radius 2 is 2.17 bits per heavy atom. The first-order chi connectivity index (χ1) is 8.61. The molecular formula is C9H6ClN3O2S3. The molecule has 0 fully saturated rings. The van der Waals surface area contributed by atoms with E-state index in [-0.39, 0.29) is 10.6 Å². The quantitative estimate of drug-likeness (QED) is 0.867. The summed E-state index contributed by atoms with van der Waals surface area (Å²) in [7, 11) is 0. The van der Waals surface area contributed by atoms with Crippen LogP contribution in [0.1, 0.15) is 10.4 Å². The number of aromatic nitrogens is 3. The number of halogens is 1. The molecule has 0 amide bonds. The molecule has 0 radical (unpaired) electrons. The first-order valence-corrected chi connectivity index (χ1v) is 7.78. The summed E-state index contributed by atoms with van der Waals surface area (Å²) < 4.78 is 1.51. The van der Waals surface area contributed by atoms with Crippen molar-refractivity contribution in [2.24, 2.45) is 0 Å². The van der Waals surface area contributed by atoms with Gasteiger partial charge in [0.1, 0.15) is 5.03 Å². The van der Waals surface area contributed by atoms with Crippen LogP contribution in [0.3, 0.4) is 0 Å². The number of aromatic carboxylic acids is 1. The summed E-state index contributed by atoms with van der Waals surface area (Å²) in [6.45, 7) is 0. The third-order valence-electron chi connectivity index (χ3n) is 1.83. The van der Waals surface area contributed by atoms with E-state index in [1.165, 1.54) is 47.1 Å². The fourth-order valence-corrected chi connectivity index (χ4v) is 3.74. The van der Waals surface area contributed by atoms with Crippen LogP contribution in [0.15, 0.2) is 26.0 Å². The average Bonchev–Trinajstić information content (AvgIpc) is 2.79. The lowest BCUT2D eigenvalue weighted by Gasteiger charge is -2.02. The Morgan fingerprint density at radius 1 is 1.44 bits per heavy atom. The highest BCUT2D eigenvalue weighted by Gasteiger charge is 2.15. The number of thioether (sulfide) groups is 1. The number of carboxylic acids is 1. The second kappa shape index (κ2) is 5.87. The van der Waals surface area contributed by atoms with Crippen molar-refractivity contribution in [3.8, 4) is 0 Å². The van der Waals surface area contributed by atoms with Gasteiger partial charge in [0.05, 0.1) is 10.6 Å². The maximum Gasteiger partial charge on any atom is 0.337 e. The Kier molecular flexibility index (Phi) is 4.44. The molecule has 0 spiro atoms. The third kappa shape index (κ3) is 2.94. The van der Waals surface area contributed by atoms with Crippen molar-refractivity contribution < 1.29 is 9.90 Å². The maximum atomic E-state index is 10.9. The van der Waals surface area contributed by atoms with Gasteiger partial charge in [-0.3, -0.25) is 0 Å². The minimum atomic E-state index is -1.08. The molecule has 0 aliphatic heterocycles. The summed E-state index contributed by atoms with van der Waals surface area (Å²) >= 11 is 10.1. The summed E-state index contributed by atoms with van der Waals surface area (Å²) in [5, 5.41) is 17.4. The highest BCUT2D eigenvalue weighted by molar-refractivity contribution is 8.03. The Bertz CT molecular complexity index is 590. The Labute approximate surface area is 120 Å². The van der Waals surface area contributed by atoms with E-state index >= 15 is 0 Å². The first kappa shape index (κ1) is 13.6. The highest BCUT2D eigenvalue weighted by atomic mass is 35.5. The minimum absolute atomic E-state index is 0.0313. The Hall–Kier alpha value is -0.830. The minimum Gasteiger partial charge on any atom is -0.478 e. The molecule has 0 aliphatic rings. The molecule has 0 aliphatic carbocycles. The molecule has 2 aromatic heterocycles. The SMILES string of the molecule is CSc1nnc(Sc2nccc(C(=O)O)c2Cl)s1. The predicted octanol–water partition coefficient (Wildman–Crippen LogP) is 3.16. The molecule has 0 atom stereocenters. The van der Waals surface area contributed by atoms with E-state index < -0.39 is 5.97 Å². The fourth-order valence-electron chi connectivity index (χ4n) is 1.06. The highest BCUT2D eigenvalue weighted by Crippen LogP contribution is 2.36. The number of hydrogen-bond acceptors (Lipinski definition) is 7. The van der Waals surface area contributed by atoms with Gasteiger partial charge in [-0.25, -0.2) is 9.78 Å². The van der Waals surface area contributed by atoms with Crippen molar-refractivity contribution >= 4 is 52.4 Å². The second-order valence-corrected chi connectivity index (χ2v) is 6.57. The topological polar surface area (TPSA) is 76.0 Å². The van der Waals surface area contributed by atoms with Crippen molar-refractivity contribution in [1.29, 1.82) is 0 Å². The van der Waals surface area contributed by atoms with E-state index in [1.54, 1.807) is 0 Å². The van der Waals surface area contributed by atoms with Crippen LogP contribution in [0, 0.1) is 0 Å². The molecule has 0 saturated heterocycles. The smallest absolute Gasteiger partial charge is 0.337 e. The number of rotatable bonds is 4. The molecule has 2 rings (SSSR count). The number of nitrogens with zero attached hydrogens (tertiary/aromatic N) is 3. The zero-order chi connectivity index (χ0) is 13.1. The zero-order valence-electron chi connectivity index (χ0n) is 8.95. The molecule has 0 aromatic carbocycles. The molecule has 0 bridgehead atoms. The number of pyridine rings is 1. The van der Waals surface area contributed by atoms with E-state index in [2.05, 4.69) is 15.2 Å². The van der Waals surface area contributed by atoms with Crippen molar-refractivity contribution in [3.05, 3.63) is 22.8 Å². The molecule has 94 valence electrons. The number of hydrogen-bond donors (Lipinski definition) is 1. The van der Waals surface area contributed by atoms with Gasteiger partial charge in [0.25, 0.3) is 0 Å². The summed E-state index contributed by atoms with van der Waals surface area (Å²) in [5.41, 5.74) is 0.0313. The van der Waals surface area contributed by atoms with Gasteiger partial charge in [0.2, 0.25) is 0 Å². The van der Waals surface area contributed by atoms with Crippen molar-refractivity contribution in [2.75, 3.05) is 6.26 Å². The number of carboxylic acid groups (broad SMARTS) is 1. The average molecular weight is 320 g/mol. The molecule has 18 heavy (non-hydrogen) atoms. The lowest BCUT2D eigenvalue weighted by atomic mass is 10.3. The number of carbonyl (C=O) groups is 1. The largest absolute Gasteiger partial charge is 0.478 e. The van der Waals surface area contributed by atoms with E-state index in [9.17, 15) is 4.79 Å². The van der Waals surface area contributed by atoms with Gasteiger partial charge < -0.3 is 5.11 Å². The summed E-state index contributed by atoms with van der Waals surface area (Å²) in [4.78, 5) is 15.0. The van der Waals surface area contributed by atoms with Gasteiger partial charge in [-0.1, -0.05) is 34.7 Å². The zero-order valence-corrected chi connectivity index (χ0v) is 12.2. The fraction of sp³-hybridized carbons (Fsp3) is 0.111.